The third kappa shape index (κ3) is 2.96. The molecule has 1 aromatic carbocycles. The van der Waals surface area contributed by atoms with Gasteiger partial charge in [-0.15, -0.1) is 0 Å². The summed E-state index contributed by atoms with van der Waals surface area (Å²) in [5.41, 5.74) is 3.91. The van der Waals surface area contributed by atoms with Crippen LogP contribution in [0, 0.1) is 24.3 Å². The molecule has 3 heterocycles. The summed E-state index contributed by atoms with van der Waals surface area (Å²) in [7, 11) is -3.73. The Hall–Kier alpha value is -2.20. The summed E-state index contributed by atoms with van der Waals surface area (Å²) in [4.78, 5) is 4.69. The molecule has 0 amide bonds. The van der Waals surface area contributed by atoms with Crippen LogP contribution < -0.4 is 0 Å². The van der Waals surface area contributed by atoms with E-state index in [1.54, 1.807) is 36.7 Å². The maximum Gasteiger partial charge on any atom is 0.269 e. The second-order valence-corrected chi connectivity index (χ2v) is 9.36. The first-order valence-electron chi connectivity index (χ1n) is 8.21. The van der Waals surface area contributed by atoms with Crippen molar-refractivity contribution in [2.45, 2.75) is 25.7 Å². The monoisotopic (exact) mass is 493 g/mol. The summed E-state index contributed by atoms with van der Waals surface area (Å²) in [5.74, 6) is 0.704. The van der Waals surface area contributed by atoms with Gasteiger partial charge in [-0.3, -0.25) is 0 Å². The largest absolute Gasteiger partial charge is 0.361 e. The number of nitrogens with zero attached hydrogens (tertiary/aromatic N) is 3. The van der Waals surface area contributed by atoms with Crippen molar-refractivity contribution in [2.24, 2.45) is 0 Å². The fraction of sp³-hybridized carbons (Fsp3) is 0.158. The minimum atomic E-state index is -3.73. The van der Waals surface area contributed by atoms with Crippen molar-refractivity contribution in [3.8, 4) is 11.1 Å². The normalized spacial score (nSPS) is 12.0. The lowest BCUT2D eigenvalue weighted by Crippen LogP contribution is -2.12. The third-order valence-electron chi connectivity index (χ3n) is 4.46. The van der Waals surface area contributed by atoms with Crippen LogP contribution in [0.5, 0.6) is 0 Å². The number of fused-ring (bicyclic) bond motifs is 1. The lowest BCUT2D eigenvalue weighted by molar-refractivity contribution is 0.393. The second-order valence-electron chi connectivity index (χ2n) is 6.39. The van der Waals surface area contributed by atoms with E-state index in [-0.39, 0.29) is 4.90 Å². The molecule has 0 unspecified atom stereocenters. The van der Waals surface area contributed by atoms with Gasteiger partial charge in [-0.2, -0.15) is 0 Å². The summed E-state index contributed by atoms with van der Waals surface area (Å²) in [5, 5.41) is 4.75. The van der Waals surface area contributed by atoms with Crippen LogP contribution >= 0.6 is 22.6 Å². The lowest BCUT2D eigenvalue weighted by Gasteiger charge is -2.08. The van der Waals surface area contributed by atoms with Gasteiger partial charge in [-0.25, -0.2) is 17.4 Å². The highest BCUT2D eigenvalue weighted by atomic mass is 127. The van der Waals surface area contributed by atoms with Crippen molar-refractivity contribution in [1.29, 1.82) is 0 Å². The average molecular weight is 493 g/mol. The van der Waals surface area contributed by atoms with Crippen LogP contribution in [0.25, 0.3) is 22.2 Å². The van der Waals surface area contributed by atoms with Crippen LogP contribution in [0.15, 0.2) is 52.1 Å². The van der Waals surface area contributed by atoms with E-state index in [4.69, 9.17) is 4.52 Å². The smallest absolute Gasteiger partial charge is 0.269 e. The number of hydrogen-bond donors (Lipinski definition) is 0. The molecule has 0 aliphatic heterocycles. The number of aromatic nitrogens is 3. The Bertz CT molecular complexity index is 1250. The van der Waals surface area contributed by atoms with Crippen molar-refractivity contribution in [3.63, 3.8) is 0 Å². The molecule has 0 spiro atoms. The minimum absolute atomic E-state index is 0.234. The molecule has 138 valence electrons. The van der Waals surface area contributed by atoms with E-state index in [9.17, 15) is 8.42 Å². The molecule has 27 heavy (non-hydrogen) atoms. The number of pyridine rings is 1. The molecule has 0 saturated heterocycles. The van der Waals surface area contributed by atoms with Crippen LogP contribution in [0.1, 0.15) is 17.0 Å². The Morgan fingerprint density at radius 2 is 1.81 bits per heavy atom. The maximum absolute atomic E-state index is 13.1. The van der Waals surface area contributed by atoms with Gasteiger partial charge >= 0.3 is 0 Å². The lowest BCUT2D eigenvalue weighted by atomic mass is 10.1. The van der Waals surface area contributed by atoms with Gasteiger partial charge in [0.2, 0.25) is 0 Å². The van der Waals surface area contributed by atoms with Gasteiger partial charge in [0.15, 0.2) is 5.65 Å². The molecule has 0 atom stereocenters. The van der Waals surface area contributed by atoms with E-state index in [0.29, 0.717) is 11.4 Å². The zero-order valence-electron chi connectivity index (χ0n) is 14.9. The Balaban J connectivity index is 1.90. The first-order valence-corrected chi connectivity index (χ1v) is 10.7. The number of benzene rings is 1. The zero-order chi connectivity index (χ0) is 19.3. The van der Waals surface area contributed by atoms with Crippen LogP contribution in [0.2, 0.25) is 0 Å². The molecular weight excluding hydrogens is 477 g/mol. The van der Waals surface area contributed by atoms with Crippen molar-refractivity contribution in [1.82, 2.24) is 14.1 Å². The quantitative estimate of drug-likeness (QED) is 0.394. The van der Waals surface area contributed by atoms with E-state index in [0.717, 1.165) is 31.3 Å². The molecule has 0 radical (unpaired) electrons. The average Bonchev–Trinajstić information content (AvgIpc) is 3.15. The molecule has 0 fully saturated rings. The van der Waals surface area contributed by atoms with Crippen molar-refractivity contribution in [2.75, 3.05) is 0 Å². The predicted octanol–water partition coefficient (Wildman–Crippen LogP) is 4.46. The second kappa shape index (κ2) is 6.45. The van der Waals surface area contributed by atoms with E-state index in [1.807, 2.05) is 26.8 Å². The van der Waals surface area contributed by atoms with Crippen LogP contribution in [-0.2, 0) is 10.0 Å². The molecule has 0 bridgehead atoms. The van der Waals surface area contributed by atoms with E-state index >= 15 is 0 Å². The van der Waals surface area contributed by atoms with Gasteiger partial charge in [-0.1, -0.05) is 22.9 Å². The highest BCUT2D eigenvalue weighted by Crippen LogP contribution is 2.32. The first-order chi connectivity index (χ1) is 12.8. The van der Waals surface area contributed by atoms with Crippen molar-refractivity contribution >= 4 is 43.6 Å². The standard InChI is InChI=1S/C19H16IN3O3S/c1-11-4-6-15(7-5-11)27(24,25)23-10-17(20)16-8-14(9-21-19(16)23)18-12(2)22-26-13(18)3/h4-10H,1-3H3. The number of hydrogen-bond acceptors (Lipinski definition) is 5. The number of rotatable bonds is 3. The molecule has 0 saturated carbocycles. The molecule has 4 rings (SSSR count). The number of aryl methyl sites for hydroxylation is 3. The first kappa shape index (κ1) is 18.2. The van der Waals surface area contributed by atoms with Gasteiger partial charge in [0.05, 0.1) is 10.6 Å². The van der Waals surface area contributed by atoms with Gasteiger partial charge in [-0.05, 0) is 61.6 Å². The highest BCUT2D eigenvalue weighted by Gasteiger charge is 2.22. The van der Waals surface area contributed by atoms with E-state index in [2.05, 4.69) is 32.7 Å². The molecule has 3 aromatic heterocycles. The molecular formula is C19H16IN3O3S. The van der Waals surface area contributed by atoms with Crippen LogP contribution in [0.4, 0.5) is 0 Å². The molecule has 0 aliphatic carbocycles. The SMILES string of the molecule is Cc1ccc(S(=O)(=O)n2cc(I)c3cc(-c4c(C)noc4C)cnc32)cc1. The van der Waals surface area contributed by atoms with Gasteiger partial charge in [0.1, 0.15) is 5.76 Å². The summed E-state index contributed by atoms with van der Waals surface area (Å²) in [6, 6.07) is 8.72. The summed E-state index contributed by atoms with van der Waals surface area (Å²) in [6.45, 7) is 5.63. The van der Waals surface area contributed by atoms with Crippen LogP contribution in [0.3, 0.4) is 0 Å². The fourth-order valence-corrected chi connectivity index (χ4v) is 5.27. The summed E-state index contributed by atoms with van der Waals surface area (Å²) < 4.78 is 33.5. The molecule has 0 N–H and O–H groups in total. The Morgan fingerprint density at radius 3 is 2.44 bits per heavy atom. The topological polar surface area (TPSA) is 78.0 Å². The zero-order valence-corrected chi connectivity index (χ0v) is 17.9. The van der Waals surface area contributed by atoms with Gasteiger partial charge < -0.3 is 4.52 Å². The van der Waals surface area contributed by atoms with Gasteiger partial charge in [0, 0.05) is 32.5 Å². The molecule has 8 heteroatoms. The van der Waals surface area contributed by atoms with Crippen molar-refractivity contribution in [3.05, 3.63) is 63.3 Å². The predicted molar refractivity (Wildman–Crippen MR) is 111 cm³/mol. The van der Waals surface area contributed by atoms with E-state index < -0.39 is 10.0 Å². The Labute approximate surface area is 170 Å². The Kier molecular flexibility index (Phi) is 4.34. The highest BCUT2D eigenvalue weighted by molar-refractivity contribution is 14.1. The van der Waals surface area contributed by atoms with Gasteiger partial charge in [0.25, 0.3) is 10.0 Å². The van der Waals surface area contributed by atoms with Crippen LogP contribution in [-0.4, -0.2) is 22.5 Å². The number of halogens is 1. The summed E-state index contributed by atoms with van der Waals surface area (Å²) >= 11 is 2.13. The minimum Gasteiger partial charge on any atom is -0.361 e. The maximum atomic E-state index is 13.1. The third-order valence-corrected chi connectivity index (χ3v) is 6.99. The molecule has 0 aliphatic rings. The van der Waals surface area contributed by atoms with Crippen molar-refractivity contribution < 1.29 is 12.9 Å². The molecule has 6 nitrogen and oxygen atoms in total. The Morgan fingerprint density at radius 1 is 1.11 bits per heavy atom. The molecule has 4 aromatic rings. The fourth-order valence-electron chi connectivity index (χ4n) is 3.08. The summed E-state index contributed by atoms with van der Waals surface area (Å²) in [6.07, 6.45) is 3.26. The van der Waals surface area contributed by atoms with E-state index in [1.165, 1.54) is 3.97 Å².